The highest BCUT2D eigenvalue weighted by atomic mass is 79.9. The monoisotopic (exact) mass is 299 g/mol. The van der Waals surface area contributed by atoms with Gasteiger partial charge in [0.1, 0.15) is 0 Å². The first kappa shape index (κ1) is 13.7. The maximum absolute atomic E-state index is 11.8. The number of carbonyl (C=O) groups excluding carboxylic acids is 1. The molecule has 0 unspecified atom stereocenters. The van der Waals surface area contributed by atoms with Crippen LogP contribution in [-0.4, -0.2) is 17.6 Å². The van der Waals surface area contributed by atoms with Crippen LogP contribution in [0.2, 0.25) is 0 Å². The number of allylic oxidation sites excluding steroid dienone is 1. The zero-order chi connectivity index (χ0) is 13.0. The summed E-state index contributed by atoms with van der Waals surface area (Å²) in [5, 5.41) is 0. The van der Waals surface area contributed by atoms with Crippen molar-refractivity contribution in [2.24, 2.45) is 0 Å². The molecule has 0 aliphatic carbocycles. The predicted molar refractivity (Wildman–Crippen MR) is 68.9 cm³/mol. The van der Waals surface area contributed by atoms with E-state index in [0.717, 1.165) is 4.47 Å². The fraction of sp³-hybridized carbons (Fsp3) is 0.333. The van der Waals surface area contributed by atoms with Gasteiger partial charge >= 0.3 is 5.97 Å². The molecule has 1 aromatic heterocycles. The van der Waals surface area contributed by atoms with Crippen LogP contribution in [0.5, 0.6) is 0 Å². The minimum atomic E-state index is -0.384. The van der Waals surface area contributed by atoms with Crippen molar-refractivity contribution < 1.29 is 9.53 Å². The second kappa shape index (κ2) is 5.82. The Morgan fingerprint density at radius 3 is 2.82 bits per heavy atom. The molecule has 0 aromatic carbocycles. The standard InChI is InChI=1S/C12H14BrNO3/c1-8(12(16)17-3)4-5-14-7-10(13)6-9(2)11(14)15/h4,6-7H,5H2,1-3H3/b8-4+. The molecule has 0 amide bonds. The van der Waals surface area contributed by atoms with Crippen molar-refractivity contribution in [1.29, 1.82) is 0 Å². The summed E-state index contributed by atoms with van der Waals surface area (Å²) in [5.74, 6) is -0.384. The maximum atomic E-state index is 11.8. The van der Waals surface area contributed by atoms with Gasteiger partial charge in [0.05, 0.1) is 7.11 Å². The van der Waals surface area contributed by atoms with Crippen LogP contribution in [0.25, 0.3) is 0 Å². The van der Waals surface area contributed by atoms with Gasteiger partial charge in [-0.1, -0.05) is 6.08 Å². The number of methoxy groups -OCH3 is 1. The molecule has 0 N–H and O–H groups in total. The van der Waals surface area contributed by atoms with E-state index in [0.29, 0.717) is 17.7 Å². The summed E-state index contributed by atoms with van der Waals surface area (Å²) < 4.78 is 6.94. The van der Waals surface area contributed by atoms with Crippen molar-refractivity contribution in [2.45, 2.75) is 20.4 Å². The highest BCUT2D eigenvalue weighted by molar-refractivity contribution is 9.10. The highest BCUT2D eigenvalue weighted by Gasteiger charge is 2.04. The number of hydrogen-bond donors (Lipinski definition) is 0. The molecule has 0 radical (unpaired) electrons. The Hall–Kier alpha value is -1.36. The Morgan fingerprint density at radius 2 is 2.24 bits per heavy atom. The number of aromatic nitrogens is 1. The molecule has 1 heterocycles. The summed E-state index contributed by atoms with van der Waals surface area (Å²) >= 11 is 3.32. The Bertz CT molecular complexity index is 517. The van der Waals surface area contributed by atoms with Crippen LogP contribution in [0.4, 0.5) is 0 Å². The van der Waals surface area contributed by atoms with Crippen molar-refractivity contribution in [3.63, 3.8) is 0 Å². The summed E-state index contributed by atoms with van der Waals surface area (Å²) in [4.78, 5) is 22.9. The zero-order valence-electron chi connectivity index (χ0n) is 9.99. The fourth-order valence-electron chi connectivity index (χ4n) is 1.36. The maximum Gasteiger partial charge on any atom is 0.333 e. The zero-order valence-corrected chi connectivity index (χ0v) is 11.6. The summed E-state index contributed by atoms with van der Waals surface area (Å²) in [6, 6.07) is 1.76. The minimum Gasteiger partial charge on any atom is -0.466 e. The van der Waals surface area contributed by atoms with E-state index in [-0.39, 0.29) is 11.5 Å². The SMILES string of the molecule is COC(=O)/C(C)=C/Cn1cc(Br)cc(C)c1=O. The lowest BCUT2D eigenvalue weighted by atomic mass is 10.2. The van der Waals surface area contributed by atoms with Gasteiger partial charge in [0, 0.05) is 28.4 Å². The van der Waals surface area contributed by atoms with Gasteiger partial charge in [-0.05, 0) is 35.8 Å². The average Bonchev–Trinajstić information content (AvgIpc) is 2.30. The number of carbonyl (C=O) groups is 1. The molecule has 0 saturated carbocycles. The van der Waals surface area contributed by atoms with Crippen molar-refractivity contribution in [2.75, 3.05) is 7.11 Å². The van der Waals surface area contributed by atoms with E-state index in [1.165, 1.54) is 11.7 Å². The minimum absolute atomic E-state index is 0.0675. The van der Waals surface area contributed by atoms with E-state index in [1.807, 2.05) is 0 Å². The van der Waals surface area contributed by atoms with Crippen LogP contribution in [-0.2, 0) is 16.1 Å². The van der Waals surface area contributed by atoms with Gasteiger partial charge < -0.3 is 9.30 Å². The molecule has 0 fully saturated rings. The van der Waals surface area contributed by atoms with Crippen LogP contribution < -0.4 is 5.56 Å². The van der Waals surface area contributed by atoms with E-state index in [4.69, 9.17) is 0 Å². The van der Waals surface area contributed by atoms with Gasteiger partial charge in [-0.3, -0.25) is 4.79 Å². The lowest BCUT2D eigenvalue weighted by Crippen LogP contribution is -2.21. The molecular formula is C12H14BrNO3. The van der Waals surface area contributed by atoms with Crippen LogP contribution in [0.15, 0.2) is 33.2 Å². The number of ether oxygens (including phenoxy) is 1. The summed E-state index contributed by atoms with van der Waals surface area (Å²) in [7, 11) is 1.33. The normalized spacial score (nSPS) is 11.4. The predicted octanol–water partition coefficient (Wildman–Crippen LogP) is 2.04. The molecule has 1 rings (SSSR count). The van der Waals surface area contributed by atoms with E-state index < -0.39 is 0 Å². The molecule has 0 aliphatic rings. The van der Waals surface area contributed by atoms with Crippen molar-refractivity contribution >= 4 is 21.9 Å². The molecule has 0 aliphatic heterocycles. The van der Waals surface area contributed by atoms with Crippen LogP contribution in [0, 0.1) is 6.92 Å². The number of pyridine rings is 1. The second-order valence-electron chi connectivity index (χ2n) is 3.68. The third-order valence-electron chi connectivity index (χ3n) is 2.33. The van der Waals surface area contributed by atoms with Gasteiger partial charge in [-0.15, -0.1) is 0 Å². The number of aryl methyl sites for hydroxylation is 1. The van der Waals surface area contributed by atoms with Crippen molar-refractivity contribution in [3.05, 3.63) is 44.3 Å². The molecule has 0 atom stereocenters. The number of hydrogen-bond acceptors (Lipinski definition) is 3. The van der Waals surface area contributed by atoms with Crippen LogP contribution in [0.3, 0.4) is 0 Å². The Labute approximate surface area is 108 Å². The van der Waals surface area contributed by atoms with Gasteiger partial charge in [-0.25, -0.2) is 4.79 Å². The highest BCUT2D eigenvalue weighted by Crippen LogP contribution is 2.08. The Balaban J connectivity index is 2.97. The molecule has 4 nitrogen and oxygen atoms in total. The second-order valence-corrected chi connectivity index (χ2v) is 4.59. The topological polar surface area (TPSA) is 48.3 Å². The average molecular weight is 300 g/mol. The van der Waals surface area contributed by atoms with Crippen molar-refractivity contribution in [1.82, 2.24) is 4.57 Å². The number of rotatable bonds is 3. The number of esters is 1. The lowest BCUT2D eigenvalue weighted by molar-refractivity contribution is -0.136. The largest absolute Gasteiger partial charge is 0.466 e. The smallest absolute Gasteiger partial charge is 0.333 e. The van der Waals surface area contributed by atoms with Gasteiger partial charge in [0.25, 0.3) is 5.56 Å². The molecule has 1 aromatic rings. The first-order chi connectivity index (χ1) is 7.95. The molecule has 17 heavy (non-hydrogen) atoms. The molecule has 0 saturated heterocycles. The number of nitrogens with zero attached hydrogens (tertiary/aromatic N) is 1. The lowest BCUT2D eigenvalue weighted by Gasteiger charge is -2.05. The van der Waals surface area contributed by atoms with E-state index in [1.54, 1.807) is 32.2 Å². The quantitative estimate of drug-likeness (QED) is 0.634. The first-order valence-corrected chi connectivity index (χ1v) is 5.86. The summed E-state index contributed by atoms with van der Waals surface area (Å²) in [6.07, 6.45) is 3.36. The first-order valence-electron chi connectivity index (χ1n) is 5.07. The van der Waals surface area contributed by atoms with E-state index in [9.17, 15) is 9.59 Å². The molecule has 0 spiro atoms. The molecular weight excluding hydrogens is 286 g/mol. The molecule has 92 valence electrons. The number of halogens is 1. The fourth-order valence-corrected chi connectivity index (χ4v) is 1.95. The van der Waals surface area contributed by atoms with Gasteiger partial charge in [0.2, 0.25) is 0 Å². The Morgan fingerprint density at radius 1 is 1.59 bits per heavy atom. The molecule has 5 heteroatoms. The summed E-state index contributed by atoms with van der Waals surface area (Å²) in [5.41, 5.74) is 1.07. The third kappa shape index (κ3) is 3.56. The Kier molecular flexibility index (Phi) is 4.69. The van der Waals surface area contributed by atoms with Crippen LogP contribution in [0.1, 0.15) is 12.5 Å². The van der Waals surface area contributed by atoms with Crippen LogP contribution >= 0.6 is 15.9 Å². The summed E-state index contributed by atoms with van der Waals surface area (Å²) in [6.45, 7) is 3.75. The third-order valence-corrected chi connectivity index (χ3v) is 2.77. The van der Waals surface area contributed by atoms with Gasteiger partial charge in [0.15, 0.2) is 0 Å². The van der Waals surface area contributed by atoms with E-state index >= 15 is 0 Å². The van der Waals surface area contributed by atoms with Gasteiger partial charge in [-0.2, -0.15) is 0 Å². The van der Waals surface area contributed by atoms with Crippen molar-refractivity contribution in [3.8, 4) is 0 Å². The van der Waals surface area contributed by atoms with E-state index in [2.05, 4.69) is 20.7 Å². The molecule has 0 bridgehead atoms.